The van der Waals surface area contributed by atoms with E-state index in [1.807, 2.05) is 0 Å². The van der Waals surface area contributed by atoms with Crippen LogP contribution >= 0.6 is 11.6 Å². The van der Waals surface area contributed by atoms with E-state index in [2.05, 4.69) is 10.1 Å². The lowest BCUT2D eigenvalue weighted by molar-refractivity contribution is 0.404. The molecule has 3 rings (SSSR count). The van der Waals surface area contributed by atoms with Gasteiger partial charge in [-0.15, -0.1) is 0 Å². The van der Waals surface area contributed by atoms with Crippen molar-refractivity contribution in [1.29, 1.82) is 0 Å². The van der Waals surface area contributed by atoms with E-state index >= 15 is 0 Å². The second-order valence-corrected chi connectivity index (χ2v) is 4.73. The molecule has 0 spiro atoms. The number of nitrogen functional groups attached to an aromatic ring is 1. The van der Waals surface area contributed by atoms with E-state index in [1.165, 1.54) is 12.1 Å². The van der Waals surface area contributed by atoms with E-state index < -0.39 is 0 Å². The number of para-hydroxylation sites is 1. The summed E-state index contributed by atoms with van der Waals surface area (Å²) in [5, 5.41) is 23.0. The first kappa shape index (κ1) is 13.3. The normalized spacial score (nSPS) is 10.7. The summed E-state index contributed by atoms with van der Waals surface area (Å²) in [6.45, 7) is 0. The molecule has 4 N–H and O–H groups in total. The number of nitrogens with two attached hydrogens (primary N) is 1. The summed E-state index contributed by atoms with van der Waals surface area (Å²) in [7, 11) is 0. The maximum absolute atomic E-state index is 9.49. The topological polar surface area (TPSA) is 105 Å². The quantitative estimate of drug-likeness (QED) is 0.496. The van der Waals surface area contributed by atoms with Crippen LogP contribution < -0.4 is 5.73 Å². The fraction of sp³-hybridized carbons (Fsp3) is 0. The van der Waals surface area contributed by atoms with Gasteiger partial charge in [-0.05, 0) is 30.3 Å². The third-order valence-corrected chi connectivity index (χ3v) is 3.27. The van der Waals surface area contributed by atoms with Crippen molar-refractivity contribution in [3.63, 3.8) is 0 Å². The molecule has 21 heavy (non-hydrogen) atoms. The van der Waals surface area contributed by atoms with Crippen molar-refractivity contribution in [2.75, 3.05) is 5.73 Å². The Hall–Kier alpha value is -2.73. The van der Waals surface area contributed by atoms with E-state index in [4.69, 9.17) is 21.9 Å². The lowest BCUT2D eigenvalue weighted by Gasteiger charge is -2.01. The average Bonchev–Trinajstić information content (AvgIpc) is 2.94. The minimum atomic E-state index is -0.263. The molecule has 7 heteroatoms. The Morgan fingerprint density at radius 1 is 1.10 bits per heavy atom. The van der Waals surface area contributed by atoms with Crippen LogP contribution in [0.2, 0.25) is 5.02 Å². The summed E-state index contributed by atoms with van der Waals surface area (Å²) in [6, 6.07) is 9.34. The van der Waals surface area contributed by atoms with E-state index in [9.17, 15) is 10.2 Å². The number of rotatable bonds is 2. The third kappa shape index (κ3) is 2.36. The molecule has 0 aliphatic carbocycles. The maximum atomic E-state index is 9.49. The lowest BCUT2D eigenvalue weighted by Crippen LogP contribution is -1.91. The van der Waals surface area contributed by atoms with Crippen molar-refractivity contribution < 1.29 is 14.7 Å². The molecule has 0 unspecified atom stereocenters. The van der Waals surface area contributed by atoms with Gasteiger partial charge in [0.25, 0.3) is 5.89 Å². The maximum Gasteiger partial charge on any atom is 0.260 e. The fourth-order valence-corrected chi connectivity index (χ4v) is 2.01. The van der Waals surface area contributed by atoms with Crippen LogP contribution in [0.5, 0.6) is 11.5 Å². The van der Waals surface area contributed by atoms with Crippen LogP contribution in [-0.4, -0.2) is 20.4 Å². The summed E-state index contributed by atoms with van der Waals surface area (Å²) in [5.41, 5.74) is 7.26. The van der Waals surface area contributed by atoms with Gasteiger partial charge in [0.1, 0.15) is 0 Å². The molecule has 0 radical (unpaired) electrons. The van der Waals surface area contributed by atoms with Crippen LogP contribution in [-0.2, 0) is 0 Å². The molecule has 106 valence electrons. The first-order chi connectivity index (χ1) is 10.1. The van der Waals surface area contributed by atoms with Gasteiger partial charge in [-0.2, -0.15) is 4.98 Å². The Morgan fingerprint density at radius 2 is 1.90 bits per heavy atom. The minimum absolute atomic E-state index is 0.220. The number of phenols is 2. The highest BCUT2D eigenvalue weighted by Gasteiger charge is 2.15. The molecule has 0 saturated carbocycles. The monoisotopic (exact) mass is 303 g/mol. The summed E-state index contributed by atoms with van der Waals surface area (Å²) in [4.78, 5) is 4.21. The number of anilines is 1. The second-order valence-electron chi connectivity index (χ2n) is 4.33. The molecule has 0 fully saturated rings. The van der Waals surface area contributed by atoms with E-state index in [0.29, 0.717) is 21.8 Å². The molecule has 6 nitrogen and oxygen atoms in total. The zero-order valence-corrected chi connectivity index (χ0v) is 11.4. The molecule has 0 aliphatic rings. The van der Waals surface area contributed by atoms with Crippen LogP contribution in [0.1, 0.15) is 0 Å². The highest BCUT2D eigenvalue weighted by atomic mass is 35.5. The van der Waals surface area contributed by atoms with Gasteiger partial charge >= 0.3 is 0 Å². The Balaban J connectivity index is 2.03. The summed E-state index contributed by atoms with van der Waals surface area (Å²) < 4.78 is 5.17. The predicted octanol–water partition coefficient (Wildman–Crippen LogP) is 3.05. The Bertz CT molecular complexity index is 817. The van der Waals surface area contributed by atoms with E-state index in [-0.39, 0.29) is 23.2 Å². The van der Waals surface area contributed by atoms with Crippen molar-refractivity contribution in [2.45, 2.75) is 0 Å². The number of aromatic nitrogens is 2. The van der Waals surface area contributed by atoms with Crippen molar-refractivity contribution in [3.8, 4) is 34.3 Å². The van der Waals surface area contributed by atoms with Gasteiger partial charge in [-0.3, -0.25) is 0 Å². The van der Waals surface area contributed by atoms with Crippen LogP contribution in [0.25, 0.3) is 22.8 Å². The molecule has 3 aromatic rings. The van der Waals surface area contributed by atoms with E-state index in [1.54, 1.807) is 24.3 Å². The minimum Gasteiger partial charge on any atom is -0.504 e. The number of hydrogen-bond acceptors (Lipinski definition) is 6. The smallest absolute Gasteiger partial charge is 0.260 e. The van der Waals surface area contributed by atoms with Crippen LogP contribution in [0.4, 0.5) is 5.69 Å². The first-order valence-electron chi connectivity index (χ1n) is 5.96. The Morgan fingerprint density at radius 3 is 2.67 bits per heavy atom. The highest BCUT2D eigenvalue weighted by Crippen LogP contribution is 2.33. The lowest BCUT2D eigenvalue weighted by atomic mass is 10.1. The molecule has 1 heterocycles. The van der Waals surface area contributed by atoms with Crippen molar-refractivity contribution >= 4 is 17.3 Å². The van der Waals surface area contributed by atoms with Crippen molar-refractivity contribution in [2.24, 2.45) is 0 Å². The summed E-state index contributed by atoms with van der Waals surface area (Å²) >= 11 is 5.95. The van der Waals surface area contributed by atoms with Gasteiger partial charge in [0.15, 0.2) is 11.5 Å². The van der Waals surface area contributed by atoms with Gasteiger partial charge in [0.2, 0.25) is 5.82 Å². The zero-order valence-electron chi connectivity index (χ0n) is 10.6. The van der Waals surface area contributed by atoms with Crippen molar-refractivity contribution in [3.05, 3.63) is 41.4 Å². The summed E-state index contributed by atoms with van der Waals surface area (Å²) in [6.07, 6.45) is 0. The number of phenolic OH excluding ortho intramolecular Hbond substituents is 2. The SMILES string of the molecule is Nc1c(Cl)cccc1-c1nc(-c2ccc(O)c(O)c2)no1. The number of benzene rings is 2. The van der Waals surface area contributed by atoms with Crippen molar-refractivity contribution in [1.82, 2.24) is 10.1 Å². The van der Waals surface area contributed by atoms with E-state index in [0.717, 1.165) is 0 Å². The van der Waals surface area contributed by atoms with Gasteiger partial charge in [0.05, 0.1) is 16.3 Å². The van der Waals surface area contributed by atoms with Gasteiger partial charge in [0, 0.05) is 5.56 Å². The number of halogens is 1. The standard InChI is InChI=1S/C14H10ClN3O3/c15-9-3-1-2-8(12(9)16)14-17-13(18-21-14)7-4-5-10(19)11(20)6-7/h1-6,19-20H,16H2. The molecule has 0 saturated heterocycles. The first-order valence-corrected chi connectivity index (χ1v) is 6.34. The number of aromatic hydroxyl groups is 2. The number of nitrogens with zero attached hydrogens (tertiary/aromatic N) is 2. The van der Waals surface area contributed by atoms with Gasteiger partial charge < -0.3 is 20.5 Å². The van der Waals surface area contributed by atoms with Crippen LogP contribution in [0.3, 0.4) is 0 Å². The molecule has 0 aliphatic heterocycles. The molecule has 0 bridgehead atoms. The fourth-order valence-electron chi connectivity index (χ4n) is 1.84. The van der Waals surface area contributed by atoms with Crippen LogP contribution in [0, 0.1) is 0 Å². The molecule has 0 amide bonds. The molecular formula is C14H10ClN3O3. The Kier molecular flexibility index (Phi) is 3.15. The largest absolute Gasteiger partial charge is 0.504 e. The Labute approximate surface area is 124 Å². The molecule has 1 aromatic heterocycles. The van der Waals surface area contributed by atoms with Crippen LogP contribution in [0.15, 0.2) is 40.9 Å². The van der Waals surface area contributed by atoms with Gasteiger partial charge in [-0.25, -0.2) is 0 Å². The molecule has 2 aromatic carbocycles. The zero-order chi connectivity index (χ0) is 15.0. The molecule has 0 atom stereocenters. The van der Waals surface area contributed by atoms with Gasteiger partial charge in [-0.1, -0.05) is 22.8 Å². The third-order valence-electron chi connectivity index (χ3n) is 2.94. The second kappa shape index (κ2) is 4.99. The predicted molar refractivity (Wildman–Crippen MR) is 77.9 cm³/mol. The molecular weight excluding hydrogens is 294 g/mol. The number of hydrogen-bond donors (Lipinski definition) is 3. The highest BCUT2D eigenvalue weighted by molar-refractivity contribution is 6.33. The summed E-state index contributed by atoms with van der Waals surface area (Å²) in [5.74, 6) is -0.0000799. The average molecular weight is 304 g/mol.